The highest BCUT2D eigenvalue weighted by Crippen LogP contribution is 2.16. The molecule has 0 aliphatic carbocycles. The minimum absolute atomic E-state index is 0.0302. The predicted molar refractivity (Wildman–Crippen MR) is 102 cm³/mol. The lowest BCUT2D eigenvalue weighted by atomic mass is 10.2. The number of hydrogen-bond donors (Lipinski definition) is 0. The molecule has 0 N–H and O–H groups in total. The first kappa shape index (κ1) is 19.5. The van der Waals surface area contributed by atoms with E-state index in [4.69, 9.17) is 0 Å². The number of benzene rings is 2. The predicted octanol–water partition coefficient (Wildman–Crippen LogP) is 2.69. The monoisotopic (exact) mass is 370 g/mol. The smallest absolute Gasteiger partial charge is 0.278 e. The van der Waals surface area contributed by atoms with E-state index < -0.39 is 9.85 Å². The average Bonchev–Trinajstić information content (AvgIpc) is 2.65. The van der Waals surface area contributed by atoms with E-state index in [1.165, 1.54) is 34.6 Å². The Hall–Kier alpha value is -3.82. The fourth-order valence-corrected chi connectivity index (χ4v) is 2.22. The van der Waals surface area contributed by atoms with Gasteiger partial charge in [-0.05, 0) is 12.1 Å². The van der Waals surface area contributed by atoms with Crippen LogP contribution in [-0.2, 0) is 0 Å². The van der Waals surface area contributed by atoms with Crippen LogP contribution in [0.15, 0.2) is 58.7 Å². The molecule has 10 heteroatoms. The molecule has 0 heterocycles. The first-order valence-corrected chi connectivity index (χ1v) is 7.85. The molecule has 0 saturated carbocycles. The molecular weight excluding hydrogens is 352 g/mol. The molecule has 0 atom stereocenters. The molecule has 2 rings (SSSR count). The van der Waals surface area contributed by atoms with E-state index >= 15 is 0 Å². The number of hydrogen-bond acceptors (Lipinski definition) is 8. The summed E-state index contributed by atoms with van der Waals surface area (Å²) < 4.78 is 0. The third kappa shape index (κ3) is 5.59. The quantitative estimate of drug-likeness (QED) is 0.305. The molecule has 2 aromatic rings. The molecule has 0 spiro atoms. The van der Waals surface area contributed by atoms with Crippen LogP contribution >= 0.6 is 0 Å². The van der Waals surface area contributed by atoms with Crippen molar-refractivity contribution in [2.24, 2.45) is 10.2 Å². The first-order valence-electron chi connectivity index (χ1n) is 7.85. The second-order valence-electron chi connectivity index (χ2n) is 5.58. The maximum absolute atomic E-state index is 11.0. The van der Waals surface area contributed by atoms with Crippen molar-refractivity contribution in [2.45, 2.75) is 0 Å². The number of nitrogens with zero attached hydrogens (tertiary/aromatic N) is 6. The number of nitro groups is 2. The second kappa shape index (κ2) is 9.04. The third-order valence-electron chi connectivity index (χ3n) is 3.46. The Morgan fingerprint density at radius 2 is 1.19 bits per heavy atom. The molecule has 0 aliphatic heterocycles. The Morgan fingerprint density at radius 3 is 1.56 bits per heavy atom. The first-order chi connectivity index (χ1) is 12.9. The molecule has 0 unspecified atom stereocenters. The SMILES string of the molecule is CN(CN(C)/N=C\c1ccccc1[N+](=O)[O-])/N=C\c1ccccc1[N+](=O)[O-]. The van der Waals surface area contributed by atoms with Gasteiger partial charge in [0.05, 0.1) is 33.4 Å². The van der Waals surface area contributed by atoms with E-state index in [0.29, 0.717) is 11.1 Å². The molecule has 0 radical (unpaired) electrons. The fraction of sp³-hybridized carbons (Fsp3) is 0.176. The molecule has 0 bridgehead atoms. The van der Waals surface area contributed by atoms with Crippen LogP contribution < -0.4 is 0 Å². The Kier molecular flexibility index (Phi) is 6.53. The van der Waals surface area contributed by atoms with Crippen LogP contribution in [-0.4, -0.2) is 53.1 Å². The van der Waals surface area contributed by atoms with Crippen molar-refractivity contribution in [3.05, 3.63) is 79.9 Å². The number of para-hydroxylation sites is 2. The lowest BCUT2D eigenvalue weighted by Gasteiger charge is -2.19. The Bertz CT molecular complexity index is 812. The minimum Gasteiger partial charge on any atom is -0.279 e. The van der Waals surface area contributed by atoms with Gasteiger partial charge in [-0.1, -0.05) is 24.3 Å². The molecule has 0 saturated heterocycles. The second-order valence-corrected chi connectivity index (χ2v) is 5.58. The molecule has 0 aliphatic rings. The molecule has 10 nitrogen and oxygen atoms in total. The van der Waals surface area contributed by atoms with E-state index in [1.807, 2.05) is 0 Å². The topological polar surface area (TPSA) is 117 Å². The van der Waals surface area contributed by atoms with Crippen molar-refractivity contribution in [3.8, 4) is 0 Å². The average molecular weight is 370 g/mol. The van der Waals surface area contributed by atoms with E-state index in [2.05, 4.69) is 10.2 Å². The normalized spacial score (nSPS) is 11.0. The number of hydrazone groups is 2. The summed E-state index contributed by atoms with van der Waals surface area (Å²) in [5, 5.41) is 33.4. The van der Waals surface area contributed by atoms with E-state index in [1.54, 1.807) is 50.5 Å². The largest absolute Gasteiger partial charge is 0.279 e. The number of rotatable bonds is 8. The van der Waals surface area contributed by atoms with Crippen LogP contribution in [0.25, 0.3) is 0 Å². The summed E-state index contributed by atoms with van der Waals surface area (Å²) in [6.07, 6.45) is 2.80. The van der Waals surface area contributed by atoms with Gasteiger partial charge in [0.25, 0.3) is 11.4 Å². The maximum Gasteiger partial charge on any atom is 0.278 e. The molecule has 0 fully saturated rings. The van der Waals surface area contributed by atoms with Crippen molar-refractivity contribution in [1.29, 1.82) is 0 Å². The molecule has 0 amide bonds. The van der Waals surface area contributed by atoms with Gasteiger partial charge in [-0.15, -0.1) is 0 Å². The molecule has 2 aromatic carbocycles. The molecular formula is C17H18N6O4. The third-order valence-corrected chi connectivity index (χ3v) is 3.46. The highest BCUT2D eigenvalue weighted by molar-refractivity contribution is 5.85. The van der Waals surface area contributed by atoms with Gasteiger partial charge in [-0.25, -0.2) is 0 Å². The lowest BCUT2D eigenvalue weighted by molar-refractivity contribution is -0.385. The zero-order valence-electron chi connectivity index (χ0n) is 14.8. The lowest BCUT2D eigenvalue weighted by Crippen LogP contribution is -2.26. The summed E-state index contributed by atoms with van der Waals surface area (Å²) in [4.78, 5) is 21.1. The molecule has 140 valence electrons. The van der Waals surface area contributed by atoms with Crippen LogP contribution in [0.1, 0.15) is 11.1 Å². The van der Waals surface area contributed by atoms with Gasteiger partial charge in [-0.3, -0.25) is 30.2 Å². The number of nitro benzene ring substituents is 2. The van der Waals surface area contributed by atoms with Crippen molar-refractivity contribution in [2.75, 3.05) is 20.8 Å². The van der Waals surface area contributed by atoms with Crippen molar-refractivity contribution in [1.82, 2.24) is 10.0 Å². The van der Waals surface area contributed by atoms with Gasteiger partial charge >= 0.3 is 0 Å². The van der Waals surface area contributed by atoms with Gasteiger partial charge in [0.15, 0.2) is 0 Å². The summed E-state index contributed by atoms with van der Waals surface area (Å²) in [6, 6.07) is 12.6. The zero-order chi connectivity index (χ0) is 19.8. The minimum atomic E-state index is -0.468. The van der Waals surface area contributed by atoms with Gasteiger partial charge < -0.3 is 0 Å². The fourth-order valence-electron chi connectivity index (χ4n) is 2.22. The Labute approximate surface area is 155 Å². The standard InChI is InChI=1S/C17H18N6O4/c1-20(18-11-14-7-3-5-9-16(14)22(24)25)13-21(2)19-12-15-8-4-6-10-17(15)23(26)27/h3-12H,13H2,1-2H3/b18-11-,19-12-. The van der Waals surface area contributed by atoms with Crippen LogP contribution in [0, 0.1) is 20.2 Å². The van der Waals surface area contributed by atoms with Crippen LogP contribution in [0.2, 0.25) is 0 Å². The van der Waals surface area contributed by atoms with E-state index in [-0.39, 0.29) is 18.0 Å². The maximum atomic E-state index is 11.0. The van der Waals surface area contributed by atoms with Crippen LogP contribution in [0.5, 0.6) is 0 Å². The zero-order valence-corrected chi connectivity index (χ0v) is 14.8. The van der Waals surface area contributed by atoms with Gasteiger partial charge in [0.2, 0.25) is 0 Å². The van der Waals surface area contributed by atoms with Gasteiger partial charge in [0, 0.05) is 26.2 Å². The summed E-state index contributed by atoms with van der Waals surface area (Å²) in [7, 11) is 3.37. The van der Waals surface area contributed by atoms with Crippen molar-refractivity contribution < 1.29 is 9.85 Å². The highest BCUT2D eigenvalue weighted by atomic mass is 16.6. The van der Waals surface area contributed by atoms with Gasteiger partial charge in [-0.2, -0.15) is 10.2 Å². The summed E-state index contributed by atoms with van der Waals surface area (Å²) in [5.41, 5.74) is 0.718. The highest BCUT2D eigenvalue weighted by Gasteiger charge is 2.11. The summed E-state index contributed by atoms with van der Waals surface area (Å²) in [5.74, 6) is 0. The molecule has 27 heavy (non-hydrogen) atoms. The van der Waals surface area contributed by atoms with Crippen LogP contribution in [0.3, 0.4) is 0 Å². The molecule has 0 aromatic heterocycles. The summed E-state index contributed by atoms with van der Waals surface area (Å²) >= 11 is 0. The van der Waals surface area contributed by atoms with Crippen molar-refractivity contribution >= 4 is 23.8 Å². The Balaban J connectivity index is 2.01. The van der Waals surface area contributed by atoms with Gasteiger partial charge in [0.1, 0.15) is 6.67 Å². The Morgan fingerprint density at radius 1 is 0.815 bits per heavy atom. The van der Waals surface area contributed by atoms with Crippen LogP contribution in [0.4, 0.5) is 11.4 Å². The van der Waals surface area contributed by atoms with E-state index in [9.17, 15) is 20.2 Å². The van der Waals surface area contributed by atoms with Crippen molar-refractivity contribution in [3.63, 3.8) is 0 Å². The summed E-state index contributed by atoms with van der Waals surface area (Å²) in [6.45, 7) is 0.272. The van der Waals surface area contributed by atoms with E-state index in [0.717, 1.165) is 0 Å².